The third-order valence-electron chi connectivity index (χ3n) is 5.83. The topological polar surface area (TPSA) is 97.1 Å². The minimum absolute atomic E-state index is 0.0271. The van der Waals surface area contributed by atoms with Crippen LogP contribution in [0.25, 0.3) is 0 Å². The normalized spacial score (nSPS) is 11.5. The Labute approximate surface area is 214 Å². The number of carbonyl (C=O) groups is 1. The first-order valence-electron chi connectivity index (χ1n) is 12.7. The summed E-state index contributed by atoms with van der Waals surface area (Å²) in [4.78, 5) is 25.4. The van der Waals surface area contributed by atoms with E-state index in [9.17, 15) is 14.9 Å². The average molecular weight is 497 g/mol. The van der Waals surface area contributed by atoms with Gasteiger partial charge in [0.05, 0.1) is 11.1 Å². The number of non-ortho nitro benzene ring substituents is 1. The zero-order valence-corrected chi connectivity index (χ0v) is 22.4. The Hall–Kier alpha value is -3.42. The molecule has 0 radical (unpaired) electrons. The lowest BCUT2D eigenvalue weighted by Gasteiger charge is -2.29. The fourth-order valence-corrected chi connectivity index (χ4v) is 4.15. The number of amides is 1. The zero-order chi connectivity index (χ0) is 26.7. The molecule has 0 bridgehead atoms. The van der Waals surface area contributed by atoms with Crippen molar-refractivity contribution in [3.63, 3.8) is 0 Å². The molecule has 196 valence electrons. The first kappa shape index (κ1) is 28.8. The Balaban J connectivity index is 2.09. The van der Waals surface area contributed by atoms with Crippen LogP contribution in [0.1, 0.15) is 71.4 Å². The van der Waals surface area contributed by atoms with Crippen molar-refractivity contribution in [1.82, 2.24) is 5.43 Å². The van der Waals surface area contributed by atoms with Gasteiger partial charge in [-0.3, -0.25) is 14.9 Å². The minimum Gasteiger partial charge on any atom is -0.484 e. The number of rotatable bonds is 14. The number of nitro benzene ring substituents is 1. The fraction of sp³-hybridized carbons (Fsp3) is 0.500. The van der Waals surface area contributed by atoms with Crippen molar-refractivity contribution in [2.45, 2.75) is 60.3 Å². The van der Waals surface area contributed by atoms with Gasteiger partial charge in [-0.05, 0) is 54.4 Å². The van der Waals surface area contributed by atoms with E-state index in [4.69, 9.17) is 4.74 Å². The molecule has 2 rings (SSSR count). The predicted molar refractivity (Wildman–Crippen MR) is 146 cm³/mol. The first-order valence-corrected chi connectivity index (χ1v) is 12.7. The van der Waals surface area contributed by atoms with Crippen LogP contribution in [0.2, 0.25) is 0 Å². The highest BCUT2D eigenvalue weighted by Gasteiger charge is 2.17. The van der Waals surface area contributed by atoms with Gasteiger partial charge in [-0.25, -0.2) is 5.43 Å². The van der Waals surface area contributed by atoms with E-state index < -0.39 is 10.8 Å². The maximum absolute atomic E-state index is 12.3. The number of nitrogens with one attached hydrogen (secondary N) is 1. The Kier molecular flexibility index (Phi) is 11.4. The van der Waals surface area contributed by atoms with E-state index in [0.717, 1.165) is 31.6 Å². The molecule has 1 amide bonds. The third-order valence-corrected chi connectivity index (χ3v) is 5.83. The third kappa shape index (κ3) is 8.98. The lowest BCUT2D eigenvalue weighted by Crippen LogP contribution is -2.32. The maximum atomic E-state index is 12.3. The van der Waals surface area contributed by atoms with E-state index in [0.29, 0.717) is 29.1 Å². The molecule has 8 heteroatoms. The Morgan fingerprint density at radius 3 is 2.19 bits per heavy atom. The molecule has 2 aromatic rings. The number of benzene rings is 2. The van der Waals surface area contributed by atoms with Crippen molar-refractivity contribution in [2.75, 3.05) is 24.6 Å². The number of anilines is 1. The lowest BCUT2D eigenvalue weighted by molar-refractivity contribution is -0.384. The molecule has 2 aromatic carbocycles. The van der Waals surface area contributed by atoms with Gasteiger partial charge < -0.3 is 9.64 Å². The Bertz CT molecular complexity index is 1000. The van der Waals surface area contributed by atoms with E-state index in [-0.39, 0.29) is 12.3 Å². The summed E-state index contributed by atoms with van der Waals surface area (Å²) in [5, 5.41) is 15.4. The van der Waals surface area contributed by atoms with Crippen LogP contribution in [0, 0.1) is 22.0 Å². The zero-order valence-electron chi connectivity index (χ0n) is 22.4. The molecule has 0 atom stereocenters. The van der Waals surface area contributed by atoms with Crippen LogP contribution >= 0.6 is 0 Å². The van der Waals surface area contributed by atoms with Gasteiger partial charge in [0.1, 0.15) is 5.75 Å². The van der Waals surface area contributed by atoms with Gasteiger partial charge in [0.15, 0.2) is 6.61 Å². The maximum Gasteiger partial charge on any atom is 0.277 e. The van der Waals surface area contributed by atoms with E-state index >= 15 is 0 Å². The largest absolute Gasteiger partial charge is 0.484 e. The lowest BCUT2D eigenvalue weighted by atomic mass is 9.94. The average Bonchev–Trinajstić information content (AvgIpc) is 2.83. The van der Waals surface area contributed by atoms with Crippen LogP contribution in [0.4, 0.5) is 11.4 Å². The standard InChI is InChI=1S/C28H40N4O4/c1-7-22(8-2)23-9-12-26(13-10-23)36-19-28(33)30-29-16-24-15-25(32(34)35)11-14-27(24)31(17-20(3)4)18-21(5)6/h9-16,20-22H,7-8,17-19H2,1-6H3,(H,30,33)/b29-16-. The number of ether oxygens (including phenoxy) is 1. The molecule has 0 saturated heterocycles. The molecule has 36 heavy (non-hydrogen) atoms. The molecule has 1 N–H and O–H groups in total. The number of carbonyl (C=O) groups excluding carboxylic acids is 1. The van der Waals surface area contributed by atoms with Crippen LogP contribution < -0.4 is 15.1 Å². The Morgan fingerprint density at radius 2 is 1.67 bits per heavy atom. The highest BCUT2D eigenvalue weighted by atomic mass is 16.6. The van der Waals surface area contributed by atoms with Gasteiger partial charge in [-0.1, -0.05) is 53.7 Å². The summed E-state index contributed by atoms with van der Waals surface area (Å²) in [5.41, 5.74) is 5.11. The highest BCUT2D eigenvalue weighted by Crippen LogP contribution is 2.27. The molecule has 0 spiro atoms. The van der Waals surface area contributed by atoms with Crippen molar-refractivity contribution in [3.8, 4) is 5.75 Å². The number of hydrazone groups is 1. The number of nitrogens with zero attached hydrogens (tertiary/aromatic N) is 3. The van der Waals surface area contributed by atoms with Gasteiger partial charge in [0.25, 0.3) is 11.6 Å². The molecule has 0 aliphatic carbocycles. The van der Waals surface area contributed by atoms with Crippen molar-refractivity contribution in [2.24, 2.45) is 16.9 Å². The monoisotopic (exact) mass is 496 g/mol. The summed E-state index contributed by atoms with van der Waals surface area (Å²) >= 11 is 0. The van der Waals surface area contributed by atoms with Crippen molar-refractivity contribution in [1.29, 1.82) is 0 Å². The van der Waals surface area contributed by atoms with E-state index in [1.165, 1.54) is 23.9 Å². The van der Waals surface area contributed by atoms with E-state index in [1.54, 1.807) is 6.07 Å². The SMILES string of the molecule is CCC(CC)c1ccc(OCC(=O)N/N=C\c2cc([N+](=O)[O-])ccc2N(CC(C)C)CC(C)C)cc1. The van der Waals surface area contributed by atoms with Crippen LogP contribution in [0.3, 0.4) is 0 Å². The summed E-state index contributed by atoms with van der Waals surface area (Å²) in [5.74, 6) is 1.53. The van der Waals surface area contributed by atoms with Crippen molar-refractivity contribution >= 4 is 23.5 Å². The summed E-state index contributed by atoms with van der Waals surface area (Å²) in [6.07, 6.45) is 3.62. The number of hydrogen-bond donors (Lipinski definition) is 1. The van der Waals surface area contributed by atoms with Crippen molar-refractivity contribution in [3.05, 3.63) is 63.7 Å². The van der Waals surface area contributed by atoms with Crippen LogP contribution in [-0.4, -0.2) is 36.7 Å². The van der Waals surface area contributed by atoms with Gasteiger partial charge in [0, 0.05) is 36.5 Å². The summed E-state index contributed by atoms with van der Waals surface area (Å²) in [6, 6.07) is 12.5. The second-order valence-electron chi connectivity index (χ2n) is 9.86. The van der Waals surface area contributed by atoms with Gasteiger partial charge in [0.2, 0.25) is 0 Å². The van der Waals surface area contributed by atoms with Crippen LogP contribution in [0.15, 0.2) is 47.6 Å². The van der Waals surface area contributed by atoms with Gasteiger partial charge in [-0.15, -0.1) is 0 Å². The van der Waals surface area contributed by atoms with Crippen molar-refractivity contribution < 1.29 is 14.5 Å². The molecule has 0 fully saturated rings. The summed E-state index contributed by atoms with van der Waals surface area (Å²) < 4.78 is 5.59. The molecule has 0 aromatic heterocycles. The van der Waals surface area contributed by atoms with Gasteiger partial charge >= 0.3 is 0 Å². The van der Waals surface area contributed by atoms with Gasteiger partial charge in [-0.2, -0.15) is 5.10 Å². The summed E-state index contributed by atoms with van der Waals surface area (Å²) in [7, 11) is 0. The number of nitro groups is 1. The second-order valence-corrected chi connectivity index (χ2v) is 9.86. The smallest absolute Gasteiger partial charge is 0.277 e. The molecule has 0 heterocycles. The molecule has 0 unspecified atom stereocenters. The quantitative estimate of drug-likeness (QED) is 0.192. The van der Waals surface area contributed by atoms with E-state index in [2.05, 4.69) is 57.0 Å². The molecule has 0 aliphatic rings. The minimum atomic E-state index is -0.433. The van der Waals surface area contributed by atoms with Crippen LogP contribution in [-0.2, 0) is 4.79 Å². The van der Waals surface area contributed by atoms with Crippen LogP contribution in [0.5, 0.6) is 5.75 Å². The van der Waals surface area contributed by atoms with E-state index in [1.807, 2.05) is 24.3 Å². The highest BCUT2D eigenvalue weighted by molar-refractivity contribution is 5.90. The molecule has 0 aliphatic heterocycles. The Morgan fingerprint density at radius 1 is 1.06 bits per heavy atom. The summed E-state index contributed by atoms with van der Waals surface area (Å²) in [6.45, 7) is 14.3. The molecule has 8 nitrogen and oxygen atoms in total. The number of hydrogen-bond acceptors (Lipinski definition) is 6. The molecule has 0 saturated carbocycles. The predicted octanol–water partition coefficient (Wildman–Crippen LogP) is 6.15. The fourth-order valence-electron chi connectivity index (χ4n) is 4.15. The molecular weight excluding hydrogens is 456 g/mol. The second kappa shape index (κ2) is 14.2. The first-order chi connectivity index (χ1) is 17.1. The molecular formula is C28H40N4O4.